The molecule has 0 spiro atoms. The zero-order chi connectivity index (χ0) is 38.3. The number of methoxy groups -OCH3 is 1. The Morgan fingerprint density at radius 2 is 1.84 bits per heavy atom. The van der Waals surface area contributed by atoms with E-state index in [2.05, 4.69) is 15.8 Å². The third-order valence-corrected chi connectivity index (χ3v) is 12.3. The summed E-state index contributed by atoms with van der Waals surface area (Å²) >= 11 is 0. The zero-order valence-electron chi connectivity index (χ0n) is 31.6. The van der Waals surface area contributed by atoms with E-state index in [1.165, 1.54) is 31.4 Å². The van der Waals surface area contributed by atoms with Gasteiger partial charge in [0.25, 0.3) is 0 Å². The Bertz CT molecular complexity index is 2150. The summed E-state index contributed by atoms with van der Waals surface area (Å²) in [4.78, 5) is 32.9. The van der Waals surface area contributed by atoms with E-state index in [0.717, 1.165) is 77.5 Å². The minimum Gasteiger partial charge on any atom is -0.508 e. The Morgan fingerprint density at radius 3 is 2.62 bits per heavy atom. The first kappa shape index (κ1) is 37.1. The van der Waals surface area contributed by atoms with Crippen LogP contribution in [0.3, 0.4) is 0 Å². The molecule has 4 aromatic rings. The highest BCUT2D eigenvalue weighted by Crippen LogP contribution is 2.49. The van der Waals surface area contributed by atoms with Gasteiger partial charge in [-0.3, -0.25) is 9.69 Å². The van der Waals surface area contributed by atoms with Gasteiger partial charge in [0, 0.05) is 68.7 Å². The minimum atomic E-state index is -0.800. The van der Waals surface area contributed by atoms with Gasteiger partial charge in [0.1, 0.15) is 34.0 Å². The van der Waals surface area contributed by atoms with Crippen LogP contribution in [0.4, 0.5) is 14.6 Å². The third-order valence-electron chi connectivity index (χ3n) is 12.3. The van der Waals surface area contributed by atoms with Crippen LogP contribution in [0.1, 0.15) is 63.9 Å². The first-order chi connectivity index (χ1) is 26.7. The molecule has 2 unspecified atom stereocenters. The number of rotatable bonds is 8. The van der Waals surface area contributed by atoms with Crippen molar-refractivity contribution in [2.45, 2.75) is 64.3 Å². The molecule has 290 valence electrons. The minimum absolute atomic E-state index is 0.0515. The van der Waals surface area contributed by atoms with Gasteiger partial charge in [-0.2, -0.15) is 9.97 Å². The number of fused-ring (bicyclic) bond motifs is 3. The van der Waals surface area contributed by atoms with Gasteiger partial charge in [0.05, 0.1) is 25.9 Å². The molecule has 2 aromatic heterocycles. The number of phenolic OH excluding ortho intramolecular Hbond substituents is 1. The van der Waals surface area contributed by atoms with Crippen LogP contribution in [-0.2, 0) is 9.53 Å². The van der Waals surface area contributed by atoms with E-state index in [0.29, 0.717) is 56.1 Å². The van der Waals surface area contributed by atoms with Gasteiger partial charge >= 0.3 is 6.01 Å². The summed E-state index contributed by atoms with van der Waals surface area (Å²) in [6, 6.07) is 5.88. The second-order valence-corrected chi connectivity index (χ2v) is 15.6. The molecule has 3 saturated heterocycles. The Hall–Kier alpha value is -4.80. The number of nitrogens with zero attached hydrogens (tertiary/aromatic N) is 6. The number of pyridine rings is 1. The number of piperidine rings is 2. The molecular formula is C42H48F2N6O5. The smallest absolute Gasteiger partial charge is 0.319 e. The van der Waals surface area contributed by atoms with E-state index in [4.69, 9.17) is 30.6 Å². The number of aromatic hydroxyl groups is 1. The molecule has 11 nitrogen and oxygen atoms in total. The van der Waals surface area contributed by atoms with Crippen LogP contribution >= 0.6 is 0 Å². The fourth-order valence-electron chi connectivity index (χ4n) is 9.63. The van der Waals surface area contributed by atoms with Gasteiger partial charge in [0.2, 0.25) is 11.8 Å². The number of aromatic nitrogens is 3. The lowest BCUT2D eigenvalue weighted by atomic mass is 9.75. The summed E-state index contributed by atoms with van der Waals surface area (Å²) in [5.74, 6) is 1.98. The van der Waals surface area contributed by atoms with Crippen LogP contribution in [0, 0.1) is 35.3 Å². The van der Waals surface area contributed by atoms with Gasteiger partial charge in [-0.15, -0.1) is 6.42 Å². The summed E-state index contributed by atoms with van der Waals surface area (Å²) in [6.07, 6.45) is 13.8. The van der Waals surface area contributed by atoms with Crippen molar-refractivity contribution in [3.63, 3.8) is 0 Å². The van der Waals surface area contributed by atoms with Crippen molar-refractivity contribution in [1.82, 2.24) is 24.8 Å². The molecule has 1 aliphatic carbocycles. The molecule has 4 fully saturated rings. The number of phenols is 1. The fraction of sp³-hybridized carbons (Fsp3) is 0.524. The molecule has 55 heavy (non-hydrogen) atoms. The molecule has 13 heteroatoms. The van der Waals surface area contributed by atoms with Gasteiger partial charge in [-0.05, 0) is 81.0 Å². The largest absolute Gasteiger partial charge is 0.508 e. The Labute approximate surface area is 320 Å². The van der Waals surface area contributed by atoms with Crippen LogP contribution in [0.2, 0.25) is 0 Å². The molecule has 1 saturated carbocycles. The van der Waals surface area contributed by atoms with Crippen molar-refractivity contribution >= 4 is 33.4 Å². The number of halogens is 2. The summed E-state index contributed by atoms with van der Waals surface area (Å²) in [5.41, 5.74) is -0.326. The summed E-state index contributed by atoms with van der Waals surface area (Å²) in [7, 11) is 1.44. The van der Waals surface area contributed by atoms with Crippen molar-refractivity contribution in [3.8, 4) is 41.2 Å². The fourth-order valence-corrected chi connectivity index (χ4v) is 9.63. The lowest BCUT2D eigenvalue weighted by Gasteiger charge is -2.47. The van der Waals surface area contributed by atoms with Crippen molar-refractivity contribution < 1.29 is 32.9 Å². The lowest BCUT2D eigenvalue weighted by Crippen LogP contribution is -2.53. The molecular weight excluding hydrogens is 706 g/mol. The molecule has 0 radical (unpaired) electrons. The van der Waals surface area contributed by atoms with E-state index in [1.54, 1.807) is 6.92 Å². The molecule has 1 amide bonds. The molecule has 2 aromatic carbocycles. The van der Waals surface area contributed by atoms with E-state index in [1.807, 2.05) is 9.80 Å². The topological polar surface area (TPSA) is 113 Å². The molecule has 3 aliphatic heterocycles. The molecule has 2 atom stereocenters. The molecule has 1 N–H and O–H groups in total. The predicted octanol–water partition coefficient (Wildman–Crippen LogP) is 6.32. The number of ether oxygens (including phenoxy) is 3. The maximum absolute atomic E-state index is 17.3. The van der Waals surface area contributed by atoms with Crippen LogP contribution in [0.15, 0.2) is 24.3 Å². The molecule has 5 heterocycles. The number of likely N-dealkylation sites (tertiary alicyclic amines) is 2. The predicted molar refractivity (Wildman–Crippen MR) is 205 cm³/mol. The maximum Gasteiger partial charge on any atom is 0.319 e. The third kappa shape index (κ3) is 6.99. The highest BCUT2D eigenvalue weighted by atomic mass is 19.1. The summed E-state index contributed by atoms with van der Waals surface area (Å²) < 4.78 is 50.5. The monoisotopic (exact) mass is 754 g/mol. The number of carbonyl (C=O) groups excluding carboxylic acids is 1. The first-order valence-corrected chi connectivity index (χ1v) is 19.5. The van der Waals surface area contributed by atoms with Crippen molar-refractivity contribution in [3.05, 3.63) is 41.5 Å². The number of carbonyl (C=O) groups is 1. The average molecular weight is 755 g/mol. The molecule has 8 rings (SSSR count). The second kappa shape index (κ2) is 15.4. The summed E-state index contributed by atoms with van der Waals surface area (Å²) in [6.45, 7) is 7.90. The van der Waals surface area contributed by atoms with Crippen molar-refractivity contribution in [1.29, 1.82) is 0 Å². The van der Waals surface area contributed by atoms with E-state index < -0.39 is 11.6 Å². The molecule has 0 bridgehead atoms. The maximum atomic E-state index is 17.3. The second-order valence-electron chi connectivity index (χ2n) is 15.6. The number of terminal acetylenes is 1. The Morgan fingerprint density at radius 1 is 1.02 bits per heavy atom. The number of benzene rings is 2. The van der Waals surface area contributed by atoms with E-state index in [9.17, 15) is 9.90 Å². The van der Waals surface area contributed by atoms with Crippen molar-refractivity contribution in [2.24, 2.45) is 11.3 Å². The normalized spacial score (nSPS) is 22.4. The highest BCUT2D eigenvalue weighted by Gasteiger charge is 2.49. The summed E-state index contributed by atoms with van der Waals surface area (Å²) in [5, 5.41) is 11.7. The van der Waals surface area contributed by atoms with Gasteiger partial charge < -0.3 is 29.1 Å². The first-order valence-electron chi connectivity index (χ1n) is 19.5. The van der Waals surface area contributed by atoms with Gasteiger partial charge in [0.15, 0.2) is 5.82 Å². The average Bonchev–Trinajstić information content (AvgIpc) is 3.44. The van der Waals surface area contributed by atoms with Gasteiger partial charge in [-0.1, -0.05) is 18.4 Å². The van der Waals surface area contributed by atoms with Crippen molar-refractivity contribution in [2.75, 3.05) is 71.1 Å². The lowest BCUT2D eigenvalue weighted by molar-refractivity contribution is -0.130. The Balaban J connectivity index is 1.18. The van der Waals surface area contributed by atoms with Crippen LogP contribution in [0.5, 0.6) is 17.6 Å². The number of hydrogen-bond acceptors (Lipinski definition) is 10. The molecule has 4 aliphatic rings. The van der Waals surface area contributed by atoms with Crippen LogP contribution in [-0.4, -0.2) is 108 Å². The zero-order valence-corrected chi connectivity index (χ0v) is 31.6. The quantitative estimate of drug-likeness (QED) is 0.205. The standard InChI is InChI=1S/C42H48F2N6O5/c1-4-30-32(43)10-9-28-22-29(52)23-31(34(28)30)37-36(44)38-35(40(45-37)53-3)39(49-16-7-20-54-21-19-49)47-41(46-38)55-25-42-13-5-8-33(42)50(15-6-14-42)24-27-11-17-48(18-12-27)26(2)51/h1,9-10,22-23,27,33,52H,5-8,11-21,24-25H2,2-3H3. The van der Waals surface area contributed by atoms with E-state index in [-0.39, 0.29) is 62.1 Å². The highest BCUT2D eigenvalue weighted by molar-refractivity contribution is 6.04. The SMILES string of the molecule is C#Cc1c(F)ccc2cc(O)cc(-c3nc(OC)c4c(N5CCCOCC5)nc(OCC56CCCC5N(CC5CCN(C(C)=O)CC5)CCC6)nc4c3F)c12. The number of anilines is 1. The van der Waals surface area contributed by atoms with Crippen LogP contribution < -0.4 is 14.4 Å². The number of hydrogen-bond donors (Lipinski definition) is 1. The number of amides is 1. The van der Waals surface area contributed by atoms with Gasteiger partial charge in [-0.25, -0.2) is 13.8 Å². The Kier molecular flexibility index (Phi) is 10.4. The van der Waals surface area contributed by atoms with Crippen LogP contribution in [0.25, 0.3) is 32.9 Å². The van der Waals surface area contributed by atoms with E-state index >= 15 is 8.78 Å².